The molecule has 1 saturated carbocycles. The van der Waals surface area contributed by atoms with Gasteiger partial charge >= 0.3 is 0 Å². The second-order valence-corrected chi connectivity index (χ2v) is 5.21. The molecule has 1 aliphatic rings. The van der Waals surface area contributed by atoms with E-state index in [4.69, 9.17) is 0 Å². The van der Waals surface area contributed by atoms with Crippen molar-refractivity contribution in [2.45, 2.75) is 25.4 Å². The van der Waals surface area contributed by atoms with E-state index in [1.165, 1.54) is 25.2 Å². The highest BCUT2D eigenvalue weighted by atomic mass is 16.6. The average molecular weight is 293 g/mol. The quantitative estimate of drug-likeness (QED) is 0.564. The number of anilines is 1. The van der Waals surface area contributed by atoms with E-state index in [0.717, 1.165) is 19.3 Å². The van der Waals surface area contributed by atoms with Gasteiger partial charge in [0.05, 0.1) is 16.6 Å². The van der Waals surface area contributed by atoms with Crippen LogP contribution in [0.15, 0.2) is 18.2 Å². The van der Waals surface area contributed by atoms with E-state index in [-0.39, 0.29) is 29.2 Å². The molecule has 0 aromatic heterocycles. The number of nitrogens with one attached hydrogen (secondary N) is 2. The predicted octanol–water partition coefficient (Wildman–Crippen LogP) is 1.53. The van der Waals surface area contributed by atoms with Gasteiger partial charge in [0.25, 0.3) is 11.6 Å². The van der Waals surface area contributed by atoms with Crippen LogP contribution in [0.3, 0.4) is 0 Å². The lowest BCUT2D eigenvalue weighted by Crippen LogP contribution is -2.24. The number of aliphatic hydroxyl groups is 1. The fraction of sp³-hybridized carbons (Fsp3) is 0.500. The summed E-state index contributed by atoms with van der Waals surface area (Å²) in [5.41, 5.74) is 0.651. The molecule has 1 fully saturated rings. The van der Waals surface area contributed by atoms with Gasteiger partial charge in [0.15, 0.2) is 0 Å². The van der Waals surface area contributed by atoms with E-state index in [0.29, 0.717) is 12.2 Å². The molecule has 1 amide bonds. The summed E-state index contributed by atoms with van der Waals surface area (Å²) in [6, 6.07) is 4.15. The molecule has 0 aliphatic heterocycles. The van der Waals surface area contributed by atoms with Gasteiger partial charge in [0.2, 0.25) is 0 Å². The number of rotatable bonds is 5. The van der Waals surface area contributed by atoms with Crippen LogP contribution in [0.25, 0.3) is 0 Å². The molecule has 3 N–H and O–H groups in total. The largest absolute Gasteiger partial charge is 0.393 e. The Labute approximate surface area is 122 Å². The standard InChI is InChI=1S/C14H19N3O4/c1-15-14(19)11-7-10(17(20)21)5-6-12(11)16-8-9-3-2-4-13(9)18/h5-7,9,13,16,18H,2-4,8H2,1H3,(H,15,19)/t9-,13-/m1/s1. The first-order valence-electron chi connectivity index (χ1n) is 6.95. The number of carbonyl (C=O) groups is 1. The smallest absolute Gasteiger partial charge is 0.270 e. The SMILES string of the molecule is CNC(=O)c1cc([N+](=O)[O-])ccc1NC[C@H]1CCC[C@H]1O. The Kier molecular flexibility index (Phi) is 4.74. The number of hydrogen-bond donors (Lipinski definition) is 3. The monoisotopic (exact) mass is 293 g/mol. The maximum absolute atomic E-state index is 11.8. The van der Waals surface area contributed by atoms with Crippen molar-refractivity contribution in [3.8, 4) is 0 Å². The minimum Gasteiger partial charge on any atom is -0.393 e. The Balaban J connectivity index is 2.17. The van der Waals surface area contributed by atoms with Crippen molar-refractivity contribution in [1.82, 2.24) is 5.32 Å². The fourth-order valence-electron chi connectivity index (χ4n) is 2.62. The summed E-state index contributed by atoms with van der Waals surface area (Å²) < 4.78 is 0. The van der Waals surface area contributed by atoms with Crippen LogP contribution in [0.1, 0.15) is 29.6 Å². The maximum Gasteiger partial charge on any atom is 0.270 e. The van der Waals surface area contributed by atoms with Crippen molar-refractivity contribution in [2.24, 2.45) is 5.92 Å². The molecule has 0 spiro atoms. The summed E-state index contributed by atoms with van der Waals surface area (Å²) in [7, 11) is 1.48. The van der Waals surface area contributed by atoms with Gasteiger partial charge in [-0.05, 0) is 18.9 Å². The van der Waals surface area contributed by atoms with Crippen LogP contribution < -0.4 is 10.6 Å². The summed E-state index contributed by atoms with van der Waals surface area (Å²) in [4.78, 5) is 22.1. The molecule has 0 unspecified atom stereocenters. The van der Waals surface area contributed by atoms with Crippen molar-refractivity contribution in [2.75, 3.05) is 18.9 Å². The number of amides is 1. The number of nitrogens with zero attached hydrogens (tertiary/aromatic N) is 1. The Morgan fingerprint density at radius 2 is 2.24 bits per heavy atom. The predicted molar refractivity (Wildman–Crippen MR) is 78.3 cm³/mol. The highest BCUT2D eigenvalue weighted by molar-refractivity contribution is 6.00. The third-order valence-corrected chi connectivity index (χ3v) is 3.86. The number of non-ortho nitro benzene ring substituents is 1. The molecule has 21 heavy (non-hydrogen) atoms. The highest BCUT2D eigenvalue weighted by Crippen LogP contribution is 2.27. The molecule has 0 radical (unpaired) electrons. The van der Waals surface area contributed by atoms with Crippen LogP contribution in [-0.2, 0) is 0 Å². The molecule has 2 atom stereocenters. The number of aliphatic hydroxyl groups excluding tert-OH is 1. The first-order valence-corrected chi connectivity index (χ1v) is 6.95. The normalized spacial score (nSPS) is 21.0. The van der Waals surface area contributed by atoms with E-state index >= 15 is 0 Å². The van der Waals surface area contributed by atoms with Crippen LogP contribution in [0.5, 0.6) is 0 Å². The van der Waals surface area contributed by atoms with Gasteiger partial charge in [0.1, 0.15) is 0 Å². The van der Waals surface area contributed by atoms with Gasteiger partial charge in [-0.2, -0.15) is 0 Å². The molecule has 1 aliphatic carbocycles. The molecular weight excluding hydrogens is 274 g/mol. The van der Waals surface area contributed by atoms with E-state index < -0.39 is 4.92 Å². The first kappa shape index (κ1) is 15.2. The second-order valence-electron chi connectivity index (χ2n) is 5.21. The molecule has 0 heterocycles. The van der Waals surface area contributed by atoms with Gasteiger partial charge in [0, 0.05) is 37.3 Å². The van der Waals surface area contributed by atoms with Crippen LogP contribution >= 0.6 is 0 Å². The Morgan fingerprint density at radius 3 is 2.81 bits per heavy atom. The van der Waals surface area contributed by atoms with Gasteiger partial charge in [-0.25, -0.2) is 0 Å². The van der Waals surface area contributed by atoms with Crippen LogP contribution in [0.2, 0.25) is 0 Å². The minimum absolute atomic E-state index is 0.125. The number of hydrogen-bond acceptors (Lipinski definition) is 5. The third kappa shape index (κ3) is 3.49. The number of carbonyl (C=O) groups excluding carboxylic acids is 1. The summed E-state index contributed by atoms with van der Waals surface area (Å²) in [5.74, 6) is -0.231. The molecular formula is C14H19N3O4. The lowest BCUT2D eigenvalue weighted by molar-refractivity contribution is -0.384. The zero-order valence-electron chi connectivity index (χ0n) is 11.8. The molecule has 0 bridgehead atoms. The Bertz CT molecular complexity index is 547. The van der Waals surface area contributed by atoms with Crippen molar-refractivity contribution in [3.05, 3.63) is 33.9 Å². The number of benzene rings is 1. The zero-order chi connectivity index (χ0) is 15.4. The van der Waals surface area contributed by atoms with Gasteiger partial charge in [-0.3, -0.25) is 14.9 Å². The third-order valence-electron chi connectivity index (χ3n) is 3.86. The van der Waals surface area contributed by atoms with Gasteiger partial charge in [-0.15, -0.1) is 0 Å². The van der Waals surface area contributed by atoms with Crippen LogP contribution in [0.4, 0.5) is 11.4 Å². The summed E-state index contributed by atoms with van der Waals surface area (Å²) in [6.07, 6.45) is 2.42. The highest BCUT2D eigenvalue weighted by Gasteiger charge is 2.25. The fourth-order valence-corrected chi connectivity index (χ4v) is 2.62. The molecule has 114 valence electrons. The molecule has 2 rings (SSSR count). The Hall–Kier alpha value is -2.15. The van der Waals surface area contributed by atoms with Crippen LogP contribution in [0, 0.1) is 16.0 Å². The first-order chi connectivity index (χ1) is 10.0. The van der Waals surface area contributed by atoms with Crippen molar-refractivity contribution < 1.29 is 14.8 Å². The topological polar surface area (TPSA) is 104 Å². The molecule has 7 heteroatoms. The summed E-state index contributed by atoms with van der Waals surface area (Å²) >= 11 is 0. The molecule has 0 saturated heterocycles. The van der Waals surface area contributed by atoms with E-state index in [2.05, 4.69) is 10.6 Å². The van der Waals surface area contributed by atoms with E-state index in [1.54, 1.807) is 0 Å². The van der Waals surface area contributed by atoms with Gasteiger partial charge < -0.3 is 15.7 Å². The van der Waals surface area contributed by atoms with Crippen LogP contribution in [-0.4, -0.2) is 35.6 Å². The average Bonchev–Trinajstić information content (AvgIpc) is 2.89. The maximum atomic E-state index is 11.8. The Morgan fingerprint density at radius 1 is 1.48 bits per heavy atom. The lowest BCUT2D eigenvalue weighted by atomic mass is 10.1. The van der Waals surface area contributed by atoms with Gasteiger partial charge in [-0.1, -0.05) is 6.42 Å². The zero-order valence-corrected chi connectivity index (χ0v) is 11.8. The number of nitro groups is 1. The molecule has 1 aromatic carbocycles. The second kappa shape index (κ2) is 6.53. The minimum atomic E-state index is -0.531. The number of nitro benzene ring substituents is 1. The van der Waals surface area contributed by atoms with E-state index in [9.17, 15) is 20.0 Å². The molecule has 7 nitrogen and oxygen atoms in total. The summed E-state index contributed by atoms with van der Waals surface area (Å²) in [6.45, 7) is 0.545. The van der Waals surface area contributed by atoms with E-state index in [1.807, 2.05) is 0 Å². The van der Waals surface area contributed by atoms with Crippen molar-refractivity contribution in [3.63, 3.8) is 0 Å². The molecule has 1 aromatic rings. The van der Waals surface area contributed by atoms with Crippen molar-refractivity contribution in [1.29, 1.82) is 0 Å². The summed E-state index contributed by atoms with van der Waals surface area (Å²) in [5, 5.41) is 26.2. The van der Waals surface area contributed by atoms with Crippen molar-refractivity contribution >= 4 is 17.3 Å². The lowest BCUT2D eigenvalue weighted by Gasteiger charge is -2.17.